The molecule has 12 heavy (non-hydrogen) atoms. The summed E-state index contributed by atoms with van der Waals surface area (Å²) in [5.41, 5.74) is 3.21. The predicted molar refractivity (Wildman–Crippen MR) is 41.9 cm³/mol. The van der Waals surface area contributed by atoms with Gasteiger partial charge in [0, 0.05) is 6.07 Å². The number of para-hydroxylation sites is 1. The maximum absolute atomic E-state index is 10.7. The van der Waals surface area contributed by atoms with Crippen LogP contribution in [0.25, 0.3) is 0 Å². The molecule has 1 aromatic rings. The number of hydrazine groups is 1. The molecule has 1 aliphatic rings. The van der Waals surface area contributed by atoms with E-state index in [1.165, 1.54) is 5.17 Å². The summed E-state index contributed by atoms with van der Waals surface area (Å²) in [6.45, 7) is 0.0722. The summed E-state index contributed by atoms with van der Waals surface area (Å²) >= 11 is 0. The van der Waals surface area contributed by atoms with Gasteiger partial charge in [0.05, 0.1) is 5.69 Å². The summed E-state index contributed by atoms with van der Waals surface area (Å²) in [7, 11) is 0. The van der Waals surface area contributed by atoms with E-state index in [0.29, 0.717) is 5.69 Å². The molecular weight excluding hydrogens is 156 g/mol. The SMILES string of the molecule is O=C1CON(c2[c]cccc2)N1. The molecule has 1 aromatic carbocycles. The third-order valence-corrected chi connectivity index (χ3v) is 1.46. The second kappa shape index (κ2) is 2.83. The molecule has 1 amide bonds. The zero-order valence-electron chi connectivity index (χ0n) is 6.28. The van der Waals surface area contributed by atoms with Crippen molar-refractivity contribution in [2.45, 2.75) is 0 Å². The third-order valence-electron chi connectivity index (χ3n) is 1.46. The van der Waals surface area contributed by atoms with Crippen LogP contribution in [-0.2, 0) is 9.63 Å². The van der Waals surface area contributed by atoms with E-state index in [2.05, 4.69) is 11.5 Å². The molecule has 0 bridgehead atoms. The highest BCUT2D eigenvalue weighted by Gasteiger charge is 2.19. The average molecular weight is 163 g/mol. The number of anilines is 1. The van der Waals surface area contributed by atoms with E-state index < -0.39 is 0 Å². The second-order valence-electron chi connectivity index (χ2n) is 2.35. The Morgan fingerprint density at radius 2 is 2.50 bits per heavy atom. The van der Waals surface area contributed by atoms with Crippen molar-refractivity contribution in [1.29, 1.82) is 0 Å². The normalized spacial score (nSPS) is 16.3. The third kappa shape index (κ3) is 1.24. The lowest BCUT2D eigenvalue weighted by Crippen LogP contribution is -2.31. The first-order valence-electron chi connectivity index (χ1n) is 3.55. The summed E-state index contributed by atoms with van der Waals surface area (Å²) in [6, 6.07) is 10.2. The molecule has 2 rings (SSSR count). The first-order chi connectivity index (χ1) is 5.86. The Bertz CT molecular complexity index is 286. The van der Waals surface area contributed by atoms with E-state index in [1.807, 2.05) is 12.1 Å². The van der Waals surface area contributed by atoms with Gasteiger partial charge in [-0.2, -0.15) is 5.17 Å². The van der Waals surface area contributed by atoms with Crippen molar-refractivity contribution >= 4 is 11.6 Å². The molecule has 61 valence electrons. The number of carbonyl (C=O) groups is 1. The second-order valence-corrected chi connectivity index (χ2v) is 2.35. The van der Waals surface area contributed by atoms with Gasteiger partial charge in [-0.1, -0.05) is 18.2 Å². The highest BCUT2D eigenvalue weighted by atomic mass is 16.7. The fourth-order valence-corrected chi connectivity index (χ4v) is 0.941. The number of rotatable bonds is 1. The van der Waals surface area contributed by atoms with Gasteiger partial charge in [0.25, 0.3) is 5.91 Å². The fraction of sp³-hybridized carbons (Fsp3) is 0.125. The van der Waals surface area contributed by atoms with Gasteiger partial charge in [0.1, 0.15) is 0 Å². The molecule has 1 fully saturated rings. The summed E-state index contributed by atoms with van der Waals surface area (Å²) in [6.07, 6.45) is 0. The van der Waals surface area contributed by atoms with Gasteiger partial charge < -0.3 is 0 Å². The Kier molecular flexibility index (Phi) is 1.68. The summed E-state index contributed by atoms with van der Waals surface area (Å²) < 4.78 is 0. The van der Waals surface area contributed by atoms with Gasteiger partial charge in [0.15, 0.2) is 6.61 Å². The molecule has 0 saturated carbocycles. The van der Waals surface area contributed by atoms with Gasteiger partial charge >= 0.3 is 0 Å². The lowest BCUT2D eigenvalue weighted by Gasteiger charge is -2.13. The van der Waals surface area contributed by atoms with Crippen LogP contribution in [0.3, 0.4) is 0 Å². The zero-order valence-corrected chi connectivity index (χ0v) is 6.28. The number of amides is 1. The van der Waals surface area contributed by atoms with Crippen LogP contribution < -0.4 is 10.6 Å². The van der Waals surface area contributed by atoms with Gasteiger partial charge in [-0.3, -0.25) is 4.79 Å². The van der Waals surface area contributed by atoms with E-state index >= 15 is 0 Å². The molecule has 1 aliphatic heterocycles. The maximum atomic E-state index is 10.7. The molecular formula is C8H7N2O2. The van der Waals surface area contributed by atoms with Crippen LogP contribution in [0.1, 0.15) is 0 Å². The molecule has 0 spiro atoms. The molecule has 1 N–H and O–H groups in total. The highest BCUT2D eigenvalue weighted by molar-refractivity contribution is 5.80. The van der Waals surface area contributed by atoms with Crippen LogP contribution in [0.2, 0.25) is 0 Å². The molecule has 1 radical (unpaired) electrons. The highest BCUT2D eigenvalue weighted by Crippen LogP contribution is 2.12. The van der Waals surface area contributed by atoms with E-state index in [-0.39, 0.29) is 12.5 Å². The monoisotopic (exact) mass is 163 g/mol. The van der Waals surface area contributed by atoms with Crippen LogP contribution in [0.4, 0.5) is 5.69 Å². The molecule has 4 nitrogen and oxygen atoms in total. The minimum absolute atomic E-state index is 0.0722. The van der Waals surface area contributed by atoms with E-state index in [1.54, 1.807) is 12.1 Å². The first kappa shape index (κ1) is 7.12. The standard InChI is InChI=1S/C8H7N2O2/c11-8-6-12-10(9-8)7-4-2-1-3-5-7/h1-4H,6H2,(H,9,11). The number of carbonyl (C=O) groups excluding carboxylic acids is 1. The van der Waals surface area contributed by atoms with Crippen molar-refractivity contribution in [2.75, 3.05) is 11.8 Å². The van der Waals surface area contributed by atoms with E-state index in [9.17, 15) is 4.79 Å². The summed E-state index contributed by atoms with van der Waals surface area (Å²) in [4.78, 5) is 15.7. The van der Waals surface area contributed by atoms with Gasteiger partial charge in [-0.15, -0.1) is 0 Å². The van der Waals surface area contributed by atoms with Crippen LogP contribution in [-0.4, -0.2) is 12.5 Å². The molecule has 0 aromatic heterocycles. The van der Waals surface area contributed by atoms with E-state index in [4.69, 9.17) is 4.84 Å². The quantitative estimate of drug-likeness (QED) is 0.646. The summed E-state index contributed by atoms with van der Waals surface area (Å²) in [5.74, 6) is -0.146. The Hall–Kier alpha value is -1.55. The van der Waals surface area contributed by atoms with Crippen LogP contribution in [0.5, 0.6) is 0 Å². The first-order valence-corrected chi connectivity index (χ1v) is 3.55. The zero-order chi connectivity index (χ0) is 8.39. The number of hydrogen-bond acceptors (Lipinski definition) is 3. The van der Waals surface area contributed by atoms with Crippen molar-refractivity contribution in [3.63, 3.8) is 0 Å². The summed E-state index contributed by atoms with van der Waals surface area (Å²) in [5, 5.41) is 1.31. The minimum atomic E-state index is -0.146. The molecule has 0 atom stereocenters. The lowest BCUT2D eigenvalue weighted by molar-refractivity contribution is -0.119. The van der Waals surface area contributed by atoms with Crippen LogP contribution >= 0.6 is 0 Å². The maximum Gasteiger partial charge on any atom is 0.269 e. The van der Waals surface area contributed by atoms with Crippen molar-refractivity contribution in [3.05, 3.63) is 30.3 Å². The van der Waals surface area contributed by atoms with Gasteiger partial charge in [0.2, 0.25) is 0 Å². The predicted octanol–water partition coefficient (Wildman–Crippen LogP) is 0.270. The largest absolute Gasteiger partial charge is 0.270 e. The van der Waals surface area contributed by atoms with Crippen molar-refractivity contribution in [3.8, 4) is 0 Å². The Morgan fingerprint density at radius 1 is 1.58 bits per heavy atom. The Labute approximate surface area is 69.7 Å². The fourth-order valence-electron chi connectivity index (χ4n) is 0.941. The molecule has 0 aliphatic carbocycles. The smallest absolute Gasteiger partial charge is 0.269 e. The number of nitrogens with zero attached hydrogens (tertiary/aromatic N) is 1. The van der Waals surface area contributed by atoms with Gasteiger partial charge in [-0.05, 0) is 6.07 Å². The van der Waals surface area contributed by atoms with Crippen molar-refractivity contribution in [2.24, 2.45) is 0 Å². The van der Waals surface area contributed by atoms with Crippen molar-refractivity contribution in [1.82, 2.24) is 5.43 Å². The van der Waals surface area contributed by atoms with Crippen molar-refractivity contribution < 1.29 is 9.63 Å². The minimum Gasteiger partial charge on any atom is -0.270 e. The van der Waals surface area contributed by atoms with Crippen LogP contribution in [0, 0.1) is 6.07 Å². The molecule has 1 heterocycles. The molecule has 4 heteroatoms. The van der Waals surface area contributed by atoms with Crippen LogP contribution in [0.15, 0.2) is 24.3 Å². The topological polar surface area (TPSA) is 41.6 Å². The number of hydrogen-bond donors (Lipinski definition) is 1. The Balaban J connectivity index is 2.16. The lowest BCUT2D eigenvalue weighted by atomic mass is 10.3. The number of nitrogens with one attached hydrogen (secondary N) is 1. The van der Waals surface area contributed by atoms with Gasteiger partial charge in [-0.25, -0.2) is 10.3 Å². The number of benzene rings is 1. The Morgan fingerprint density at radius 3 is 3.08 bits per heavy atom. The molecule has 1 saturated heterocycles. The molecule has 0 unspecified atom stereocenters. The van der Waals surface area contributed by atoms with E-state index in [0.717, 1.165) is 0 Å². The average Bonchev–Trinajstić information content (AvgIpc) is 2.54.